The second-order valence-corrected chi connectivity index (χ2v) is 13.0. The Morgan fingerprint density at radius 1 is 0.673 bits per heavy atom. The molecule has 4 aromatic heterocycles. The van der Waals surface area contributed by atoms with Crippen molar-refractivity contribution in [3.05, 3.63) is 144 Å². The second-order valence-electron chi connectivity index (χ2n) is 11.8. The van der Waals surface area contributed by atoms with Gasteiger partial charge in [-0.15, -0.1) is 0 Å². The summed E-state index contributed by atoms with van der Waals surface area (Å²) in [7, 11) is 7.02. The molecule has 6 rings (SSSR count). The van der Waals surface area contributed by atoms with Crippen LogP contribution in [0.25, 0.3) is 22.3 Å². The van der Waals surface area contributed by atoms with Crippen molar-refractivity contribution in [2.24, 2.45) is 0 Å². The molecule has 0 spiro atoms. The standard InChI is InChI=1S/C19H15ClFN5O.C13H13ClFN3O.C6H3ClN2/c1-26(2)18-17(24-16-5-6-23-10-11(16)9-22)8-14(19(27)25-18)13-7-12(20)3-4-15(13)21;1-18(2)12-11(16)6-9(13(19)17-12)8-5-7(14)3-4-10(8)15;7-6-1-2-9-4-5(6)3-8/h3-8,10H,1-2H3,(H,23,24)(H,25,27);3-6H,16H2,1-2H3,(H,17,19);1-2,4H. The normalized spacial score (nSPS) is 10.1. The fourth-order valence-electron chi connectivity index (χ4n) is 4.88. The fraction of sp³-hybridized carbons (Fsp3) is 0.105. The van der Waals surface area contributed by atoms with Crippen molar-refractivity contribution in [1.29, 1.82) is 10.5 Å². The summed E-state index contributed by atoms with van der Waals surface area (Å²) in [6.45, 7) is 0. The van der Waals surface area contributed by atoms with Crippen LogP contribution < -0.4 is 32.0 Å². The van der Waals surface area contributed by atoms with Gasteiger partial charge in [0.1, 0.15) is 35.4 Å². The summed E-state index contributed by atoms with van der Waals surface area (Å²) in [6.07, 6.45) is 5.95. The van der Waals surface area contributed by atoms with E-state index >= 15 is 0 Å². The van der Waals surface area contributed by atoms with E-state index in [4.69, 9.17) is 45.8 Å². The van der Waals surface area contributed by atoms with Crippen LogP contribution in [0.3, 0.4) is 0 Å². The van der Waals surface area contributed by atoms with E-state index in [1.807, 2.05) is 6.07 Å². The molecule has 0 radical (unpaired) electrons. The molecule has 6 aromatic rings. The first kappa shape index (κ1) is 41.3. The maximum absolute atomic E-state index is 14.3. The van der Waals surface area contributed by atoms with E-state index in [0.29, 0.717) is 54.9 Å². The van der Waals surface area contributed by atoms with Gasteiger partial charge in [0.15, 0.2) is 0 Å². The van der Waals surface area contributed by atoms with E-state index in [1.165, 1.54) is 60.9 Å². The molecule has 280 valence electrons. The van der Waals surface area contributed by atoms with Gasteiger partial charge in [0.25, 0.3) is 11.1 Å². The number of rotatable bonds is 6. The lowest BCUT2D eigenvalue weighted by atomic mass is 10.1. The molecule has 0 unspecified atom stereocenters. The van der Waals surface area contributed by atoms with Crippen molar-refractivity contribution in [3.8, 4) is 34.4 Å². The average Bonchev–Trinajstić information content (AvgIpc) is 3.15. The molecule has 0 saturated carbocycles. The lowest BCUT2D eigenvalue weighted by Crippen LogP contribution is -2.20. The molecule has 0 saturated heterocycles. The molecule has 0 fully saturated rings. The Bertz CT molecular complexity index is 2550. The number of halogens is 5. The molecule has 17 heteroatoms. The van der Waals surface area contributed by atoms with Gasteiger partial charge < -0.3 is 30.8 Å². The summed E-state index contributed by atoms with van der Waals surface area (Å²) in [6, 6.07) is 18.2. The Kier molecular flexibility index (Phi) is 13.9. The average molecular weight is 804 g/mol. The van der Waals surface area contributed by atoms with Crippen molar-refractivity contribution in [1.82, 2.24) is 19.9 Å². The zero-order chi connectivity index (χ0) is 40.4. The van der Waals surface area contributed by atoms with Gasteiger partial charge in [0, 0.05) is 74.2 Å². The Balaban J connectivity index is 0.000000207. The van der Waals surface area contributed by atoms with Crippen molar-refractivity contribution < 1.29 is 8.78 Å². The van der Waals surface area contributed by atoms with E-state index < -0.39 is 22.8 Å². The summed E-state index contributed by atoms with van der Waals surface area (Å²) in [5.41, 5.74) is 7.60. The van der Waals surface area contributed by atoms with Crippen LogP contribution in [-0.4, -0.2) is 48.1 Å². The predicted molar refractivity (Wildman–Crippen MR) is 214 cm³/mol. The van der Waals surface area contributed by atoms with Gasteiger partial charge in [-0.1, -0.05) is 34.8 Å². The molecule has 55 heavy (non-hydrogen) atoms. The molecule has 0 aliphatic heterocycles. The van der Waals surface area contributed by atoms with Gasteiger partial charge in [0.2, 0.25) is 0 Å². The lowest BCUT2D eigenvalue weighted by Gasteiger charge is -2.19. The van der Waals surface area contributed by atoms with Gasteiger partial charge in [-0.3, -0.25) is 19.6 Å². The van der Waals surface area contributed by atoms with Crippen LogP contribution in [0.1, 0.15) is 11.1 Å². The highest BCUT2D eigenvalue weighted by Crippen LogP contribution is 2.32. The van der Waals surface area contributed by atoms with Crippen LogP contribution >= 0.6 is 34.8 Å². The fourth-order valence-corrected chi connectivity index (χ4v) is 5.37. The number of benzene rings is 2. The highest BCUT2D eigenvalue weighted by atomic mass is 35.5. The third-order valence-electron chi connectivity index (χ3n) is 7.50. The van der Waals surface area contributed by atoms with Gasteiger partial charge in [-0.2, -0.15) is 10.5 Å². The van der Waals surface area contributed by atoms with Gasteiger partial charge in [0.05, 0.1) is 44.3 Å². The third-order valence-corrected chi connectivity index (χ3v) is 8.30. The Labute approximate surface area is 329 Å². The van der Waals surface area contributed by atoms with Crippen molar-refractivity contribution in [2.45, 2.75) is 0 Å². The number of nitrogens with one attached hydrogen (secondary N) is 3. The summed E-state index contributed by atoms with van der Waals surface area (Å²) >= 11 is 17.3. The summed E-state index contributed by atoms with van der Waals surface area (Å²) in [4.78, 5) is 40.9. The number of nitrogen functional groups attached to an aromatic ring is 1. The molecule has 0 amide bonds. The summed E-state index contributed by atoms with van der Waals surface area (Å²) in [5.74, 6) is -0.120. The smallest absolute Gasteiger partial charge is 0.257 e. The van der Waals surface area contributed by atoms with E-state index in [9.17, 15) is 23.6 Å². The SMILES string of the molecule is CN(C)c1[nH]c(=O)c(-c2cc(Cl)ccc2F)cc1N.CN(C)c1[nH]c(=O)c(-c2cc(Cl)ccc2F)cc1Nc1ccncc1C#N.N#Cc1cnccc1Cl. The number of anilines is 5. The number of H-pyrrole nitrogens is 2. The van der Waals surface area contributed by atoms with E-state index in [0.717, 1.165) is 0 Å². The predicted octanol–water partition coefficient (Wildman–Crippen LogP) is 8.00. The number of nitriles is 2. The van der Waals surface area contributed by atoms with Crippen LogP contribution in [0.2, 0.25) is 15.1 Å². The van der Waals surface area contributed by atoms with E-state index in [1.54, 1.807) is 62.5 Å². The van der Waals surface area contributed by atoms with Gasteiger partial charge in [-0.05, 0) is 60.7 Å². The molecule has 0 aliphatic carbocycles. The number of hydrogen-bond acceptors (Lipinski definition) is 10. The van der Waals surface area contributed by atoms with Crippen LogP contribution in [0, 0.1) is 34.3 Å². The van der Waals surface area contributed by atoms with Crippen LogP contribution in [0.4, 0.5) is 37.5 Å². The van der Waals surface area contributed by atoms with Crippen LogP contribution in [0.15, 0.2) is 95.0 Å². The molecular weight excluding hydrogens is 773 g/mol. The molecule has 4 heterocycles. The first-order chi connectivity index (χ1) is 26.1. The maximum atomic E-state index is 14.3. The first-order valence-corrected chi connectivity index (χ1v) is 16.9. The minimum atomic E-state index is -0.560. The van der Waals surface area contributed by atoms with Crippen molar-refractivity contribution >= 4 is 63.5 Å². The summed E-state index contributed by atoms with van der Waals surface area (Å²) < 4.78 is 28.0. The highest BCUT2D eigenvalue weighted by molar-refractivity contribution is 6.31. The van der Waals surface area contributed by atoms with E-state index in [2.05, 4.69) is 31.3 Å². The highest BCUT2D eigenvalue weighted by Gasteiger charge is 2.17. The minimum Gasteiger partial charge on any atom is -0.396 e. The largest absolute Gasteiger partial charge is 0.396 e. The second kappa shape index (κ2) is 18.5. The molecule has 0 aliphatic rings. The number of aromatic nitrogens is 4. The quantitative estimate of drug-likeness (QED) is 0.129. The number of nitrogens with zero attached hydrogens (tertiary/aromatic N) is 6. The van der Waals surface area contributed by atoms with Crippen molar-refractivity contribution in [2.75, 3.05) is 49.0 Å². The molecule has 12 nitrogen and oxygen atoms in total. The molecule has 5 N–H and O–H groups in total. The van der Waals surface area contributed by atoms with Gasteiger partial charge >= 0.3 is 0 Å². The summed E-state index contributed by atoms with van der Waals surface area (Å²) in [5, 5.41) is 21.8. The third kappa shape index (κ3) is 10.4. The zero-order valence-electron chi connectivity index (χ0n) is 29.5. The zero-order valence-corrected chi connectivity index (χ0v) is 31.8. The van der Waals surface area contributed by atoms with Crippen molar-refractivity contribution in [3.63, 3.8) is 0 Å². The topological polar surface area (TPSA) is 184 Å². The lowest BCUT2D eigenvalue weighted by molar-refractivity contribution is 0.630. The monoisotopic (exact) mass is 802 g/mol. The number of aromatic amines is 2. The van der Waals surface area contributed by atoms with Crippen LogP contribution in [-0.2, 0) is 0 Å². The Hall–Kier alpha value is -6.45. The first-order valence-electron chi connectivity index (χ1n) is 15.8. The number of pyridine rings is 4. The molecular formula is C38H31Cl3F2N10O2. The van der Waals surface area contributed by atoms with Crippen LogP contribution in [0.5, 0.6) is 0 Å². The molecule has 2 aromatic carbocycles. The number of nitrogens with two attached hydrogens (primary N) is 1. The maximum Gasteiger partial charge on any atom is 0.257 e. The molecule has 0 bridgehead atoms. The Morgan fingerprint density at radius 3 is 1.65 bits per heavy atom. The van der Waals surface area contributed by atoms with Gasteiger partial charge in [-0.25, -0.2) is 8.78 Å². The molecule has 0 atom stereocenters. The number of hydrogen-bond donors (Lipinski definition) is 4. The Morgan fingerprint density at radius 2 is 1.16 bits per heavy atom. The van der Waals surface area contributed by atoms with E-state index in [-0.39, 0.29) is 22.3 Å². The minimum absolute atomic E-state index is 0.0901.